The average molecular weight is 258 g/mol. The number of carbonyl (C=O) groups is 2. The number of methoxy groups -OCH3 is 1. The fourth-order valence-electron chi connectivity index (χ4n) is 2.55. The molecule has 1 aliphatic heterocycles. The zero-order valence-corrected chi connectivity index (χ0v) is 11.0. The minimum absolute atomic E-state index is 0.141. The van der Waals surface area contributed by atoms with E-state index in [1.807, 2.05) is 0 Å². The number of nitrogens with zero attached hydrogens (tertiary/aromatic N) is 1. The van der Waals surface area contributed by atoms with E-state index in [0.29, 0.717) is 19.4 Å². The van der Waals surface area contributed by atoms with Crippen molar-refractivity contribution < 1.29 is 19.4 Å². The second-order valence-corrected chi connectivity index (χ2v) is 4.64. The number of aliphatic carboxylic acids is 1. The highest BCUT2D eigenvalue weighted by Gasteiger charge is 2.48. The lowest BCUT2D eigenvalue weighted by Crippen LogP contribution is -2.53. The molecule has 0 bridgehead atoms. The number of hydrogen-bond donors (Lipinski definition) is 2. The Labute approximate surface area is 107 Å². The smallest absolute Gasteiger partial charge is 0.329 e. The first-order valence-corrected chi connectivity index (χ1v) is 6.28. The van der Waals surface area contributed by atoms with Crippen LogP contribution in [0.25, 0.3) is 0 Å². The minimum Gasteiger partial charge on any atom is -0.479 e. The Morgan fingerprint density at radius 3 is 2.67 bits per heavy atom. The zero-order chi connectivity index (χ0) is 13.8. The number of hydrogen-bond acceptors (Lipinski definition) is 4. The number of likely N-dealkylation sites (tertiary alicyclic amines) is 1. The van der Waals surface area contributed by atoms with Gasteiger partial charge in [-0.1, -0.05) is 6.92 Å². The van der Waals surface area contributed by atoms with Crippen LogP contribution in [-0.2, 0) is 14.3 Å². The maximum Gasteiger partial charge on any atom is 0.329 e. The molecule has 0 aromatic carbocycles. The highest BCUT2D eigenvalue weighted by atomic mass is 16.5. The third-order valence-electron chi connectivity index (χ3n) is 3.77. The van der Waals surface area contributed by atoms with Gasteiger partial charge in [-0.25, -0.2) is 4.79 Å². The van der Waals surface area contributed by atoms with Gasteiger partial charge in [0.05, 0.1) is 12.5 Å². The van der Waals surface area contributed by atoms with Crippen LogP contribution in [0.1, 0.15) is 32.6 Å². The molecule has 18 heavy (non-hydrogen) atoms. The molecule has 2 atom stereocenters. The monoisotopic (exact) mass is 258 g/mol. The van der Waals surface area contributed by atoms with Crippen LogP contribution in [-0.4, -0.2) is 53.7 Å². The molecule has 0 spiro atoms. The molecule has 6 nitrogen and oxygen atoms in total. The molecule has 2 unspecified atom stereocenters. The fourth-order valence-corrected chi connectivity index (χ4v) is 2.55. The maximum atomic E-state index is 12.2. The van der Waals surface area contributed by atoms with E-state index in [1.54, 1.807) is 6.92 Å². The van der Waals surface area contributed by atoms with Crippen molar-refractivity contribution in [1.82, 2.24) is 4.90 Å². The Morgan fingerprint density at radius 1 is 1.56 bits per heavy atom. The Balaban J connectivity index is 2.80. The van der Waals surface area contributed by atoms with Crippen LogP contribution >= 0.6 is 0 Å². The van der Waals surface area contributed by atoms with E-state index in [4.69, 9.17) is 10.5 Å². The van der Waals surface area contributed by atoms with Crippen molar-refractivity contribution in [2.45, 2.75) is 44.2 Å². The van der Waals surface area contributed by atoms with Gasteiger partial charge in [-0.15, -0.1) is 0 Å². The van der Waals surface area contributed by atoms with Gasteiger partial charge < -0.3 is 20.5 Å². The molecule has 0 saturated carbocycles. The predicted octanol–water partition coefficient (Wildman–Crippen LogP) is 0.206. The third-order valence-corrected chi connectivity index (χ3v) is 3.77. The molecule has 6 heteroatoms. The molecule has 0 aliphatic carbocycles. The van der Waals surface area contributed by atoms with Gasteiger partial charge in [-0.2, -0.15) is 0 Å². The van der Waals surface area contributed by atoms with Crippen molar-refractivity contribution in [1.29, 1.82) is 0 Å². The molecule has 0 radical (unpaired) electrons. The van der Waals surface area contributed by atoms with Crippen LogP contribution in [0.5, 0.6) is 0 Å². The van der Waals surface area contributed by atoms with Crippen molar-refractivity contribution >= 4 is 11.9 Å². The lowest BCUT2D eigenvalue weighted by Gasteiger charge is -2.34. The second-order valence-electron chi connectivity index (χ2n) is 4.64. The van der Waals surface area contributed by atoms with E-state index >= 15 is 0 Å². The van der Waals surface area contributed by atoms with Crippen molar-refractivity contribution in [2.24, 2.45) is 5.73 Å². The number of carboxylic acid groups (broad SMARTS) is 1. The summed E-state index contributed by atoms with van der Waals surface area (Å²) in [5.74, 6) is -1.10. The highest BCUT2D eigenvalue weighted by molar-refractivity contribution is 5.88. The Bertz CT molecular complexity index is 317. The molecule has 1 amide bonds. The largest absolute Gasteiger partial charge is 0.479 e. The molecule has 0 aromatic heterocycles. The van der Waals surface area contributed by atoms with Crippen LogP contribution in [0.3, 0.4) is 0 Å². The van der Waals surface area contributed by atoms with Gasteiger partial charge in [0.15, 0.2) is 0 Å². The first-order valence-electron chi connectivity index (χ1n) is 6.28. The minimum atomic E-state index is -1.04. The molecule has 1 fully saturated rings. The summed E-state index contributed by atoms with van der Waals surface area (Å²) < 4.78 is 5.07. The summed E-state index contributed by atoms with van der Waals surface area (Å²) in [4.78, 5) is 25.1. The SMILES string of the molecule is CCC1(C(=O)O)CCCN1C(=O)CC(CN)OC. The van der Waals surface area contributed by atoms with Gasteiger partial charge in [0.2, 0.25) is 5.91 Å². The maximum absolute atomic E-state index is 12.2. The van der Waals surface area contributed by atoms with Gasteiger partial charge in [0, 0.05) is 20.2 Å². The van der Waals surface area contributed by atoms with Crippen molar-refractivity contribution in [3.63, 3.8) is 0 Å². The number of nitrogens with two attached hydrogens (primary N) is 1. The molecule has 1 rings (SSSR count). The van der Waals surface area contributed by atoms with Gasteiger partial charge in [0.25, 0.3) is 0 Å². The van der Waals surface area contributed by atoms with Crippen molar-refractivity contribution in [2.75, 3.05) is 20.2 Å². The average Bonchev–Trinajstić information content (AvgIpc) is 2.80. The van der Waals surface area contributed by atoms with Crippen LogP contribution in [0.15, 0.2) is 0 Å². The van der Waals surface area contributed by atoms with Crippen LogP contribution in [0.2, 0.25) is 0 Å². The first-order chi connectivity index (χ1) is 8.51. The molecular weight excluding hydrogens is 236 g/mol. The summed E-state index contributed by atoms with van der Waals surface area (Å²) in [7, 11) is 1.50. The topological polar surface area (TPSA) is 92.9 Å². The quantitative estimate of drug-likeness (QED) is 0.710. The van der Waals surface area contributed by atoms with Gasteiger partial charge in [-0.05, 0) is 19.3 Å². The standard InChI is InChI=1S/C12H22N2O4/c1-3-12(11(16)17)5-4-6-14(12)10(15)7-9(8-13)18-2/h9H,3-8,13H2,1-2H3,(H,16,17). The molecule has 3 N–H and O–H groups in total. The first kappa shape index (κ1) is 14.9. The number of ether oxygens (including phenoxy) is 1. The lowest BCUT2D eigenvalue weighted by atomic mass is 9.92. The molecule has 1 heterocycles. The normalized spacial score (nSPS) is 25.2. The van der Waals surface area contributed by atoms with Crippen LogP contribution < -0.4 is 5.73 Å². The number of carbonyl (C=O) groups excluding carboxylic acids is 1. The molecule has 104 valence electrons. The molecule has 1 saturated heterocycles. The van der Waals surface area contributed by atoms with Crippen molar-refractivity contribution in [3.8, 4) is 0 Å². The number of carboxylic acids is 1. The number of rotatable bonds is 6. The lowest BCUT2D eigenvalue weighted by molar-refractivity contribution is -0.157. The predicted molar refractivity (Wildman–Crippen MR) is 66.1 cm³/mol. The second kappa shape index (κ2) is 6.15. The third kappa shape index (κ3) is 2.64. The summed E-state index contributed by atoms with van der Waals surface area (Å²) in [6, 6.07) is 0. The molecule has 1 aliphatic rings. The molecular formula is C12H22N2O4. The molecule has 0 aromatic rings. The Hall–Kier alpha value is -1.14. The van der Waals surface area contributed by atoms with Gasteiger partial charge in [0.1, 0.15) is 5.54 Å². The number of amides is 1. The summed E-state index contributed by atoms with van der Waals surface area (Å²) in [5, 5.41) is 9.38. The fraction of sp³-hybridized carbons (Fsp3) is 0.833. The van der Waals surface area contributed by atoms with Crippen molar-refractivity contribution in [3.05, 3.63) is 0 Å². The van der Waals surface area contributed by atoms with E-state index in [0.717, 1.165) is 6.42 Å². The van der Waals surface area contributed by atoms with Crippen LogP contribution in [0, 0.1) is 0 Å². The van der Waals surface area contributed by atoms with E-state index in [9.17, 15) is 14.7 Å². The summed E-state index contributed by atoms with van der Waals surface area (Å²) in [6.45, 7) is 2.55. The van der Waals surface area contributed by atoms with E-state index in [-0.39, 0.29) is 25.0 Å². The van der Waals surface area contributed by atoms with Gasteiger partial charge >= 0.3 is 5.97 Å². The van der Waals surface area contributed by atoms with E-state index < -0.39 is 11.5 Å². The van der Waals surface area contributed by atoms with Gasteiger partial charge in [-0.3, -0.25) is 4.79 Å². The zero-order valence-electron chi connectivity index (χ0n) is 11.0. The highest BCUT2D eigenvalue weighted by Crippen LogP contribution is 2.33. The summed E-state index contributed by atoms with van der Waals surface area (Å²) >= 11 is 0. The summed E-state index contributed by atoms with van der Waals surface area (Å²) in [5.41, 5.74) is 4.44. The Morgan fingerprint density at radius 2 is 2.22 bits per heavy atom. The Kier molecular flexibility index (Phi) is 5.10. The summed E-state index contributed by atoms with van der Waals surface area (Å²) in [6.07, 6.45) is 1.47. The van der Waals surface area contributed by atoms with E-state index in [2.05, 4.69) is 0 Å². The van der Waals surface area contributed by atoms with Crippen LogP contribution in [0.4, 0.5) is 0 Å². The van der Waals surface area contributed by atoms with E-state index in [1.165, 1.54) is 12.0 Å².